The number of halogens is 2. The third-order valence-electron chi connectivity index (χ3n) is 6.19. The van der Waals surface area contributed by atoms with Crippen LogP contribution >= 0.6 is 22.9 Å². The Morgan fingerprint density at radius 1 is 1.22 bits per heavy atom. The number of nitrogens with zero attached hydrogens (tertiary/aromatic N) is 1. The lowest BCUT2D eigenvalue weighted by Gasteiger charge is -2.46. The standard InChI is InChI=1S/C21H26ClFN2OS/c22-17-5-12-27-18(17)14-24-10-8-20(19-4-3-16(23)13-25-19)9-11-26-21(15-20)6-1-2-7-21/h3-5,12-13,24H,1-2,6-11,14-15H2. The zero-order chi connectivity index (χ0) is 18.7. The number of rotatable bonds is 6. The van der Waals surface area contributed by atoms with Crippen LogP contribution in [-0.2, 0) is 16.7 Å². The highest BCUT2D eigenvalue weighted by Gasteiger charge is 2.48. The van der Waals surface area contributed by atoms with E-state index < -0.39 is 0 Å². The molecule has 1 aliphatic carbocycles. The average Bonchev–Trinajstić information content (AvgIpc) is 3.28. The fourth-order valence-corrected chi connectivity index (χ4v) is 5.86. The summed E-state index contributed by atoms with van der Waals surface area (Å²) in [5.74, 6) is -0.276. The van der Waals surface area contributed by atoms with Crippen LogP contribution in [0, 0.1) is 5.82 Å². The Hall–Kier alpha value is -1.01. The Bertz CT molecular complexity index is 760. The molecule has 1 saturated carbocycles. The Morgan fingerprint density at radius 3 is 2.78 bits per heavy atom. The third-order valence-corrected chi connectivity index (χ3v) is 7.58. The van der Waals surface area contributed by atoms with Crippen LogP contribution in [0.2, 0.25) is 5.02 Å². The van der Waals surface area contributed by atoms with Crippen molar-refractivity contribution in [3.63, 3.8) is 0 Å². The van der Waals surface area contributed by atoms with Gasteiger partial charge in [-0.25, -0.2) is 4.39 Å². The zero-order valence-corrected chi connectivity index (χ0v) is 17.0. The maximum Gasteiger partial charge on any atom is 0.141 e. The number of thiophene rings is 1. The smallest absolute Gasteiger partial charge is 0.141 e. The minimum absolute atomic E-state index is 0.00856. The predicted octanol–water partition coefficient (Wildman–Crippen LogP) is 5.48. The van der Waals surface area contributed by atoms with Crippen molar-refractivity contribution in [3.8, 4) is 0 Å². The summed E-state index contributed by atoms with van der Waals surface area (Å²) in [5.41, 5.74) is 0.947. The van der Waals surface area contributed by atoms with Crippen LogP contribution in [0.5, 0.6) is 0 Å². The number of nitrogens with one attached hydrogen (secondary N) is 1. The van der Waals surface area contributed by atoms with E-state index in [0.717, 1.165) is 62.5 Å². The molecule has 0 radical (unpaired) electrons. The van der Waals surface area contributed by atoms with Crippen LogP contribution in [-0.4, -0.2) is 23.7 Å². The van der Waals surface area contributed by atoms with Crippen molar-refractivity contribution in [3.05, 3.63) is 51.2 Å². The molecule has 1 atom stereocenters. The maximum atomic E-state index is 13.5. The van der Waals surface area contributed by atoms with Crippen molar-refractivity contribution in [2.75, 3.05) is 13.2 Å². The lowest BCUT2D eigenvalue weighted by molar-refractivity contribution is -0.104. The summed E-state index contributed by atoms with van der Waals surface area (Å²) < 4.78 is 19.7. The molecule has 6 heteroatoms. The van der Waals surface area contributed by atoms with Crippen LogP contribution in [0.3, 0.4) is 0 Å². The van der Waals surface area contributed by atoms with Crippen molar-refractivity contribution in [2.45, 2.75) is 62.5 Å². The van der Waals surface area contributed by atoms with Gasteiger partial charge in [0.05, 0.1) is 16.8 Å². The largest absolute Gasteiger partial charge is 0.375 e. The quantitative estimate of drug-likeness (QED) is 0.643. The first-order valence-electron chi connectivity index (χ1n) is 9.80. The Kier molecular flexibility index (Phi) is 5.83. The highest BCUT2D eigenvalue weighted by molar-refractivity contribution is 7.10. The van der Waals surface area contributed by atoms with Crippen molar-refractivity contribution in [1.82, 2.24) is 10.3 Å². The van der Waals surface area contributed by atoms with Crippen LogP contribution in [0.1, 0.15) is 55.5 Å². The molecule has 3 heterocycles. The highest BCUT2D eigenvalue weighted by Crippen LogP contribution is 2.49. The number of hydrogen-bond acceptors (Lipinski definition) is 4. The Labute approximate surface area is 169 Å². The Morgan fingerprint density at radius 2 is 2.07 bits per heavy atom. The second-order valence-electron chi connectivity index (χ2n) is 7.93. The summed E-state index contributed by atoms with van der Waals surface area (Å²) >= 11 is 7.88. The van der Waals surface area contributed by atoms with Gasteiger partial charge in [0.15, 0.2) is 0 Å². The molecule has 1 spiro atoms. The summed E-state index contributed by atoms with van der Waals surface area (Å²) in [4.78, 5) is 5.67. The van der Waals surface area contributed by atoms with Gasteiger partial charge in [-0.1, -0.05) is 24.4 Å². The molecule has 2 aliphatic rings. The van der Waals surface area contributed by atoms with Gasteiger partial charge in [0.2, 0.25) is 0 Å². The van der Waals surface area contributed by atoms with E-state index in [1.54, 1.807) is 17.4 Å². The van der Waals surface area contributed by atoms with Crippen LogP contribution in [0.25, 0.3) is 0 Å². The molecule has 0 bridgehead atoms. The number of pyridine rings is 1. The molecular formula is C21H26ClFN2OS. The van der Waals surface area contributed by atoms with Crippen molar-refractivity contribution in [1.29, 1.82) is 0 Å². The van der Waals surface area contributed by atoms with Gasteiger partial charge in [-0.15, -0.1) is 11.3 Å². The zero-order valence-electron chi connectivity index (χ0n) is 15.5. The second kappa shape index (κ2) is 8.16. The molecule has 3 nitrogen and oxygen atoms in total. The normalized spacial score (nSPS) is 24.5. The van der Waals surface area contributed by atoms with Gasteiger partial charge < -0.3 is 10.1 Å². The van der Waals surface area contributed by atoms with Gasteiger partial charge in [0.25, 0.3) is 0 Å². The first-order chi connectivity index (χ1) is 13.1. The lowest BCUT2D eigenvalue weighted by atomic mass is 9.68. The van der Waals surface area contributed by atoms with Gasteiger partial charge in [-0.05, 0) is 62.2 Å². The molecule has 1 unspecified atom stereocenters. The van der Waals surface area contributed by atoms with Gasteiger partial charge in [-0.2, -0.15) is 0 Å². The number of hydrogen-bond donors (Lipinski definition) is 1. The first kappa shape index (κ1) is 19.3. The number of aromatic nitrogens is 1. The lowest BCUT2D eigenvalue weighted by Crippen LogP contribution is -2.47. The SMILES string of the molecule is Fc1ccc(C2(CCNCc3sccc3Cl)CCOC3(CCCC3)C2)nc1. The van der Waals surface area contributed by atoms with Gasteiger partial charge >= 0.3 is 0 Å². The van der Waals surface area contributed by atoms with E-state index >= 15 is 0 Å². The van der Waals surface area contributed by atoms with Crippen molar-refractivity contribution < 1.29 is 9.13 Å². The number of ether oxygens (including phenoxy) is 1. The van der Waals surface area contributed by atoms with E-state index in [2.05, 4.69) is 10.3 Å². The summed E-state index contributed by atoms with van der Waals surface area (Å²) in [6.45, 7) is 2.42. The fraction of sp³-hybridized carbons (Fsp3) is 0.571. The van der Waals surface area contributed by atoms with Crippen molar-refractivity contribution in [2.24, 2.45) is 0 Å². The van der Waals surface area contributed by atoms with E-state index in [-0.39, 0.29) is 16.8 Å². The molecular weight excluding hydrogens is 383 g/mol. The molecule has 0 amide bonds. The highest BCUT2D eigenvalue weighted by atomic mass is 35.5. The monoisotopic (exact) mass is 408 g/mol. The average molecular weight is 409 g/mol. The fourth-order valence-electron chi connectivity index (χ4n) is 4.79. The van der Waals surface area contributed by atoms with Crippen LogP contribution < -0.4 is 5.32 Å². The topological polar surface area (TPSA) is 34.1 Å². The second-order valence-corrected chi connectivity index (χ2v) is 9.33. The summed E-state index contributed by atoms with van der Waals surface area (Å²) in [7, 11) is 0. The molecule has 0 aromatic carbocycles. The van der Waals surface area contributed by atoms with Gasteiger partial charge in [0.1, 0.15) is 5.82 Å². The van der Waals surface area contributed by atoms with Gasteiger partial charge in [-0.3, -0.25) is 4.98 Å². The van der Waals surface area contributed by atoms with Crippen molar-refractivity contribution >= 4 is 22.9 Å². The molecule has 146 valence electrons. The summed E-state index contributed by atoms with van der Waals surface area (Å²) in [5, 5.41) is 6.40. The van der Waals surface area contributed by atoms with Crippen LogP contribution in [0.4, 0.5) is 4.39 Å². The predicted molar refractivity (Wildman–Crippen MR) is 108 cm³/mol. The minimum atomic E-state index is -0.276. The molecule has 2 fully saturated rings. The van der Waals surface area contributed by atoms with E-state index in [0.29, 0.717) is 0 Å². The minimum Gasteiger partial charge on any atom is -0.375 e. The molecule has 1 saturated heterocycles. The third kappa shape index (κ3) is 4.21. The summed E-state index contributed by atoms with van der Waals surface area (Å²) in [6.07, 6.45) is 8.99. The molecule has 2 aromatic rings. The van der Waals surface area contributed by atoms with Crippen LogP contribution in [0.15, 0.2) is 29.8 Å². The maximum absolute atomic E-state index is 13.5. The van der Waals surface area contributed by atoms with E-state index in [9.17, 15) is 4.39 Å². The molecule has 4 rings (SSSR count). The molecule has 27 heavy (non-hydrogen) atoms. The van der Waals surface area contributed by atoms with E-state index in [1.165, 1.54) is 23.9 Å². The van der Waals surface area contributed by atoms with E-state index in [4.69, 9.17) is 16.3 Å². The Balaban J connectivity index is 1.49. The molecule has 2 aromatic heterocycles. The molecule has 1 aliphatic heterocycles. The summed E-state index contributed by atoms with van der Waals surface area (Å²) in [6, 6.07) is 5.36. The van der Waals surface area contributed by atoms with Gasteiger partial charge in [0, 0.05) is 29.1 Å². The molecule has 1 N–H and O–H groups in total. The van der Waals surface area contributed by atoms with E-state index in [1.807, 2.05) is 17.5 Å². The first-order valence-corrected chi connectivity index (χ1v) is 11.1.